The number of aryl methyl sites for hydroxylation is 2. The lowest BCUT2D eigenvalue weighted by Gasteiger charge is -2.11. The number of amides is 1. The van der Waals surface area contributed by atoms with E-state index in [9.17, 15) is 13.2 Å². The van der Waals surface area contributed by atoms with Gasteiger partial charge in [-0.25, -0.2) is 12.7 Å². The number of benzene rings is 1. The smallest absolute Gasteiger partial charge is 0.265 e. The third-order valence-electron chi connectivity index (χ3n) is 4.61. The lowest BCUT2D eigenvalue weighted by Crippen LogP contribution is -2.22. The van der Waals surface area contributed by atoms with E-state index in [0.29, 0.717) is 5.69 Å². The molecule has 7 heteroatoms. The van der Waals surface area contributed by atoms with E-state index >= 15 is 0 Å². The fraction of sp³-hybridized carbons (Fsp3) is 0.421. The average molecular weight is 393 g/mol. The van der Waals surface area contributed by atoms with Crippen molar-refractivity contribution in [3.05, 3.63) is 45.6 Å². The maximum absolute atomic E-state index is 12.6. The SMILES string of the molecule is CN(C)S(=O)(=O)c1ccc(NC(=O)c2cc3c(s2)CCCCCC3)cc1. The molecular formula is C19H24N2O3S2. The summed E-state index contributed by atoms with van der Waals surface area (Å²) in [5.74, 6) is -0.134. The van der Waals surface area contributed by atoms with Gasteiger partial charge in [-0.15, -0.1) is 11.3 Å². The molecule has 140 valence electrons. The van der Waals surface area contributed by atoms with Crippen LogP contribution in [0.15, 0.2) is 35.2 Å². The Hall–Kier alpha value is -1.70. The van der Waals surface area contributed by atoms with Crippen molar-refractivity contribution in [3.63, 3.8) is 0 Å². The van der Waals surface area contributed by atoms with Gasteiger partial charge in [0, 0.05) is 24.7 Å². The summed E-state index contributed by atoms with van der Waals surface area (Å²) in [7, 11) is -0.472. The first-order chi connectivity index (χ1) is 12.4. The first kappa shape index (κ1) is 19.1. The molecule has 0 unspecified atom stereocenters. The van der Waals surface area contributed by atoms with Crippen LogP contribution in [0.1, 0.15) is 45.8 Å². The van der Waals surface area contributed by atoms with Crippen molar-refractivity contribution >= 4 is 33.0 Å². The van der Waals surface area contributed by atoms with Crippen LogP contribution in [0.25, 0.3) is 0 Å². The van der Waals surface area contributed by atoms with Crippen LogP contribution < -0.4 is 5.32 Å². The number of anilines is 1. The Balaban J connectivity index is 1.73. The van der Waals surface area contributed by atoms with Crippen molar-refractivity contribution in [2.75, 3.05) is 19.4 Å². The Morgan fingerprint density at radius 2 is 1.69 bits per heavy atom. The second kappa shape index (κ2) is 7.90. The van der Waals surface area contributed by atoms with E-state index in [2.05, 4.69) is 5.32 Å². The predicted molar refractivity (Wildman–Crippen MR) is 105 cm³/mol. The van der Waals surface area contributed by atoms with E-state index in [0.717, 1.165) is 17.7 Å². The van der Waals surface area contributed by atoms with Crippen LogP contribution in [0.4, 0.5) is 5.69 Å². The largest absolute Gasteiger partial charge is 0.321 e. The van der Waals surface area contributed by atoms with Gasteiger partial charge in [0.15, 0.2) is 0 Å². The first-order valence-corrected chi connectivity index (χ1v) is 11.1. The number of carbonyl (C=O) groups excluding carboxylic acids is 1. The van der Waals surface area contributed by atoms with E-state index < -0.39 is 10.0 Å². The molecule has 0 atom stereocenters. The molecule has 26 heavy (non-hydrogen) atoms. The molecular weight excluding hydrogens is 368 g/mol. The highest BCUT2D eigenvalue weighted by Crippen LogP contribution is 2.29. The number of fused-ring (bicyclic) bond motifs is 1. The van der Waals surface area contributed by atoms with Crippen molar-refractivity contribution < 1.29 is 13.2 Å². The van der Waals surface area contributed by atoms with Gasteiger partial charge in [-0.2, -0.15) is 0 Å². The minimum atomic E-state index is -3.46. The van der Waals surface area contributed by atoms with E-state index in [1.807, 2.05) is 6.07 Å². The highest BCUT2D eigenvalue weighted by Gasteiger charge is 2.18. The summed E-state index contributed by atoms with van der Waals surface area (Å²) in [5.41, 5.74) is 1.90. The van der Waals surface area contributed by atoms with Gasteiger partial charge in [-0.3, -0.25) is 4.79 Å². The average Bonchev–Trinajstić information content (AvgIpc) is 2.97. The summed E-state index contributed by atoms with van der Waals surface area (Å²) < 4.78 is 25.4. The van der Waals surface area contributed by atoms with Gasteiger partial charge in [-0.05, 0) is 61.6 Å². The lowest BCUT2D eigenvalue weighted by atomic mass is 10.00. The number of hydrogen-bond acceptors (Lipinski definition) is 4. The van der Waals surface area contributed by atoms with E-state index in [4.69, 9.17) is 0 Å². The van der Waals surface area contributed by atoms with E-state index in [-0.39, 0.29) is 10.8 Å². The van der Waals surface area contributed by atoms with Crippen molar-refractivity contribution in [2.45, 2.75) is 43.4 Å². The summed E-state index contributed by atoms with van der Waals surface area (Å²) in [5, 5.41) is 2.87. The number of sulfonamides is 1. The predicted octanol–water partition coefficient (Wildman–Crippen LogP) is 3.91. The van der Waals surface area contributed by atoms with E-state index in [1.54, 1.807) is 23.5 Å². The Morgan fingerprint density at radius 3 is 2.35 bits per heavy atom. The number of thiophene rings is 1. The molecule has 0 spiro atoms. The molecule has 1 amide bonds. The normalized spacial score (nSPS) is 15.2. The summed E-state index contributed by atoms with van der Waals surface area (Å²) in [6, 6.07) is 8.29. The molecule has 2 aromatic rings. The standard InChI is InChI=1S/C19H24N2O3S2/c1-21(2)26(23,24)16-11-9-15(10-12-16)20-19(22)18-13-14-7-5-3-4-6-8-17(14)25-18/h9-13H,3-8H2,1-2H3,(H,20,22). The maximum Gasteiger partial charge on any atom is 0.265 e. The maximum atomic E-state index is 12.6. The van der Waals surface area contributed by atoms with Gasteiger partial charge in [0.1, 0.15) is 0 Å². The number of carbonyl (C=O) groups is 1. The Labute approximate surface area is 159 Å². The van der Waals surface area contributed by atoms with Crippen molar-refractivity contribution in [2.24, 2.45) is 0 Å². The number of nitrogens with one attached hydrogen (secondary N) is 1. The molecule has 0 saturated carbocycles. The van der Waals surface area contributed by atoms with Crippen LogP contribution in [0.5, 0.6) is 0 Å². The van der Waals surface area contributed by atoms with Gasteiger partial charge in [0.05, 0.1) is 9.77 Å². The van der Waals surface area contributed by atoms with Gasteiger partial charge >= 0.3 is 0 Å². The molecule has 1 aliphatic carbocycles. The summed E-state index contributed by atoms with van der Waals surface area (Å²) in [4.78, 5) is 14.8. The third kappa shape index (κ3) is 4.16. The number of hydrogen-bond donors (Lipinski definition) is 1. The van der Waals surface area contributed by atoms with Crippen LogP contribution in [0.3, 0.4) is 0 Å². The van der Waals surface area contributed by atoms with Gasteiger partial charge < -0.3 is 5.32 Å². The zero-order valence-corrected chi connectivity index (χ0v) is 16.8. The minimum absolute atomic E-state index is 0.134. The molecule has 1 aliphatic rings. The van der Waals surface area contributed by atoms with Crippen LogP contribution in [-0.2, 0) is 22.9 Å². The molecule has 1 N–H and O–H groups in total. The Morgan fingerprint density at radius 1 is 1.04 bits per heavy atom. The molecule has 1 aromatic carbocycles. The topological polar surface area (TPSA) is 66.5 Å². The van der Waals surface area contributed by atoms with Crippen molar-refractivity contribution in [1.29, 1.82) is 0 Å². The highest BCUT2D eigenvalue weighted by atomic mass is 32.2. The minimum Gasteiger partial charge on any atom is -0.321 e. The quantitative estimate of drug-likeness (QED) is 0.858. The molecule has 1 heterocycles. The number of rotatable bonds is 4. The summed E-state index contributed by atoms with van der Waals surface area (Å²) in [6.45, 7) is 0. The molecule has 0 aliphatic heterocycles. The summed E-state index contributed by atoms with van der Waals surface area (Å²) in [6.07, 6.45) is 7.02. The van der Waals surface area contributed by atoms with Crippen LogP contribution in [0, 0.1) is 0 Å². The Kier molecular flexibility index (Phi) is 5.79. The Bertz CT molecular complexity index is 859. The van der Waals surface area contributed by atoms with Crippen molar-refractivity contribution in [3.8, 4) is 0 Å². The molecule has 0 fully saturated rings. The second-order valence-electron chi connectivity index (χ2n) is 6.74. The molecule has 1 aromatic heterocycles. The third-order valence-corrected chi connectivity index (χ3v) is 7.68. The zero-order chi connectivity index (χ0) is 18.7. The molecule has 0 bridgehead atoms. The van der Waals surface area contributed by atoms with Crippen molar-refractivity contribution in [1.82, 2.24) is 4.31 Å². The highest BCUT2D eigenvalue weighted by molar-refractivity contribution is 7.89. The fourth-order valence-corrected chi connectivity index (χ4v) is 5.12. The molecule has 3 rings (SSSR count). The second-order valence-corrected chi connectivity index (χ2v) is 10.0. The molecule has 5 nitrogen and oxygen atoms in total. The molecule has 0 radical (unpaired) electrons. The zero-order valence-electron chi connectivity index (χ0n) is 15.1. The van der Waals surface area contributed by atoms with Crippen LogP contribution >= 0.6 is 11.3 Å². The van der Waals surface area contributed by atoms with Crippen LogP contribution in [0.2, 0.25) is 0 Å². The van der Waals surface area contributed by atoms with Gasteiger partial charge in [0.2, 0.25) is 10.0 Å². The van der Waals surface area contributed by atoms with Crippen LogP contribution in [-0.4, -0.2) is 32.7 Å². The van der Waals surface area contributed by atoms with E-state index in [1.165, 1.54) is 66.7 Å². The number of nitrogens with zero attached hydrogens (tertiary/aromatic N) is 1. The fourth-order valence-electron chi connectivity index (χ4n) is 3.07. The van der Waals surface area contributed by atoms with Gasteiger partial charge in [-0.1, -0.05) is 12.8 Å². The molecule has 0 saturated heterocycles. The monoisotopic (exact) mass is 392 g/mol. The van der Waals surface area contributed by atoms with Gasteiger partial charge in [0.25, 0.3) is 5.91 Å². The summed E-state index contributed by atoms with van der Waals surface area (Å²) >= 11 is 1.58. The first-order valence-electron chi connectivity index (χ1n) is 8.83. The lowest BCUT2D eigenvalue weighted by molar-refractivity contribution is 0.103.